The van der Waals surface area contributed by atoms with Gasteiger partial charge in [0, 0.05) is 6.07 Å². The Labute approximate surface area is 126 Å². The van der Waals surface area contributed by atoms with E-state index in [0.717, 1.165) is 0 Å². The molecule has 0 aliphatic rings. The Kier molecular flexibility index (Phi) is 4.21. The van der Waals surface area contributed by atoms with Crippen LogP contribution in [0.15, 0.2) is 26.0 Å². The maximum Gasteiger partial charge on any atom is 0.239 e. The van der Waals surface area contributed by atoms with Gasteiger partial charge in [0.1, 0.15) is 21.8 Å². The SMILES string of the molecule is Cc1cc(CS(=O)(=O)Nc2ncc(Br)nc2Br)no1. The Hall–Kier alpha value is -1.00. The van der Waals surface area contributed by atoms with Crippen molar-refractivity contribution in [2.45, 2.75) is 12.7 Å². The third-order valence-corrected chi connectivity index (χ3v) is 4.08. The second-order valence-corrected chi connectivity index (χ2v) is 6.91. The third kappa shape index (κ3) is 3.98. The summed E-state index contributed by atoms with van der Waals surface area (Å²) < 4.78 is 31.8. The summed E-state index contributed by atoms with van der Waals surface area (Å²) >= 11 is 6.25. The number of halogens is 2. The fraction of sp³-hybridized carbons (Fsp3) is 0.222. The molecule has 0 spiro atoms. The Bertz CT molecular complexity index is 701. The summed E-state index contributed by atoms with van der Waals surface area (Å²) in [6.45, 7) is 1.69. The molecule has 2 heterocycles. The van der Waals surface area contributed by atoms with Gasteiger partial charge in [0.25, 0.3) is 0 Å². The van der Waals surface area contributed by atoms with Crippen molar-refractivity contribution in [1.82, 2.24) is 15.1 Å². The van der Waals surface area contributed by atoms with E-state index in [2.05, 4.69) is 51.7 Å². The molecule has 0 fully saturated rings. The van der Waals surface area contributed by atoms with Gasteiger partial charge < -0.3 is 4.52 Å². The van der Waals surface area contributed by atoms with Crippen LogP contribution in [0.5, 0.6) is 0 Å². The van der Waals surface area contributed by atoms with Gasteiger partial charge in [0.05, 0.1) is 6.20 Å². The van der Waals surface area contributed by atoms with Crippen molar-refractivity contribution in [3.05, 3.63) is 32.9 Å². The zero-order valence-corrected chi connectivity index (χ0v) is 13.6. The normalized spacial score (nSPS) is 11.5. The van der Waals surface area contributed by atoms with Gasteiger partial charge in [-0.25, -0.2) is 18.4 Å². The molecule has 102 valence electrons. The lowest BCUT2D eigenvalue weighted by Gasteiger charge is -2.06. The van der Waals surface area contributed by atoms with Crippen LogP contribution < -0.4 is 4.72 Å². The highest BCUT2D eigenvalue weighted by Crippen LogP contribution is 2.21. The molecule has 2 rings (SSSR count). The Balaban J connectivity index is 2.17. The third-order valence-electron chi connectivity index (χ3n) is 1.97. The summed E-state index contributed by atoms with van der Waals surface area (Å²) in [5, 5.41) is 3.63. The van der Waals surface area contributed by atoms with Crippen molar-refractivity contribution in [1.29, 1.82) is 0 Å². The van der Waals surface area contributed by atoms with Crippen LogP contribution in [0.3, 0.4) is 0 Å². The van der Waals surface area contributed by atoms with Gasteiger partial charge in [-0.15, -0.1) is 0 Å². The van der Waals surface area contributed by atoms with E-state index in [1.165, 1.54) is 6.20 Å². The number of nitrogens with zero attached hydrogens (tertiary/aromatic N) is 3. The standard InChI is InChI=1S/C9H8Br2N4O3S/c1-5-2-6(14-18-5)4-19(16,17)15-9-8(11)13-7(10)3-12-9/h2-3H,4H2,1H3,(H,12,15). The molecule has 2 aromatic rings. The van der Waals surface area contributed by atoms with E-state index in [4.69, 9.17) is 4.52 Å². The molecule has 10 heteroatoms. The Morgan fingerprint density at radius 2 is 2.16 bits per heavy atom. The lowest BCUT2D eigenvalue weighted by Crippen LogP contribution is -2.16. The topological polar surface area (TPSA) is 98.0 Å². The first-order chi connectivity index (χ1) is 8.85. The van der Waals surface area contributed by atoms with Gasteiger partial charge >= 0.3 is 0 Å². The van der Waals surface area contributed by atoms with Crippen LogP contribution in [0.2, 0.25) is 0 Å². The lowest BCUT2D eigenvalue weighted by atomic mass is 10.4. The van der Waals surface area contributed by atoms with Crippen molar-refractivity contribution in [2.75, 3.05) is 4.72 Å². The molecule has 0 saturated carbocycles. The lowest BCUT2D eigenvalue weighted by molar-refractivity contribution is 0.392. The van der Waals surface area contributed by atoms with E-state index in [9.17, 15) is 8.42 Å². The van der Waals surface area contributed by atoms with Crippen LogP contribution >= 0.6 is 31.9 Å². The highest BCUT2D eigenvalue weighted by Gasteiger charge is 2.17. The number of anilines is 1. The Morgan fingerprint density at radius 3 is 2.74 bits per heavy atom. The van der Waals surface area contributed by atoms with Gasteiger partial charge in [-0.2, -0.15) is 0 Å². The molecule has 2 aromatic heterocycles. The van der Waals surface area contributed by atoms with Crippen LogP contribution in [0, 0.1) is 6.92 Å². The molecule has 0 saturated heterocycles. The minimum Gasteiger partial charge on any atom is -0.361 e. The average Bonchev–Trinajstić information content (AvgIpc) is 2.67. The van der Waals surface area contributed by atoms with Gasteiger partial charge in [0.15, 0.2) is 10.4 Å². The van der Waals surface area contributed by atoms with E-state index in [1.54, 1.807) is 13.0 Å². The van der Waals surface area contributed by atoms with E-state index in [1.807, 2.05) is 0 Å². The summed E-state index contributed by atoms with van der Waals surface area (Å²) in [6, 6.07) is 1.56. The van der Waals surface area contributed by atoms with Crippen LogP contribution in [-0.2, 0) is 15.8 Å². The highest BCUT2D eigenvalue weighted by atomic mass is 79.9. The summed E-state index contributed by atoms with van der Waals surface area (Å²) in [7, 11) is -3.63. The van der Waals surface area contributed by atoms with Crippen molar-refractivity contribution >= 4 is 47.7 Å². The number of aryl methyl sites for hydroxylation is 1. The zero-order valence-electron chi connectivity index (χ0n) is 9.59. The number of nitrogens with one attached hydrogen (secondary N) is 1. The summed E-state index contributed by atoms with van der Waals surface area (Å²) in [5.41, 5.74) is 0.325. The first kappa shape index (κ1) is 14.4. The van der Waals surface area contributed by atoms with E-state index in [0.29, 0.717) is 20.7 Å². The number of aromatic nitrogens is 3. The van der Waals surface area contributed by atoms with Crippen molar-refractivity contribution in [2.24, 2.45) is 0 Å². The molecule has 0 aliphatic carbocycles. The fourth-order valence-electron chi connectivity index (χ4n) is 1.28. The zero-order chi connectivity index (χ0) is 14.0. The number of rotatable bonds is 4. The summed E-state index contributed by atoms with van der Waals surface area (Å²) in [5.74, 6) is 0.368. The van der Waals surface area contributed by atoms with Gasteiger partial charge in [-0.05, 0) is 38.8 Å². The van der Waals surface area contributed by atoms with Crippen LogP contribution in [-0.4, -0.2) is 23.5 Å². The van der Waals surface area contributed by atoms with Crippen LogP contribution in [0.25, 0.3) is 0 Å². The van der Waals surface area contributed by atoms with Crippen molar-refractivity contribution < 1.29 is 12.9 Å². The predicted octanol–water partition coefficient (Wildman–Crippen LogP) is 2.24. The predicted molar refractivity (Wildman–Crippen MR) is 74.9 cm³/mol. The number of sulfonamides is 1. The molecule has 1 N–H and O–H groups in total. The highest BCUT2D eigenvalue weighted by molar-refractivity contribution is 9.11. The molecular weight excluding hydrogens is 404 g/mol. The minimum absolute atomic E-state index is 0.114. The van der Waals surface area contributed by atoms with Crippen LogP contribution in [0.1, 0.15) is 11.5 Å². The summed E-state index contributed by atoms with van der Waals surface area (Å²) in [4.78, 5) is 7.90. The maximum atomic E-state index is 11.9. The molecular formula is C9H8Br2N4O3S. The number of hydrogen-bond acceptors (Lipinski definition) is 6. The average molecular weight is 412 g/mol. The smallest absolute Gasteiger partial charge is 0.239 e. The van der Waals surface area contributed by atoms with Gasteiger partial charge in [-0.3, -0.25) is 4.72 Å². The molecule has 19 heavy (non-hydrogen) atoms. The molecule has 0 radical (unpaired) electrons. The molecule has 0 unspecified atom stereocenters. The van der Waals surface area contributed by atoms with Crippen molar-refractivity contribution in [3.63, 3.8) is 0 Å². The fourth-order valence-corrected chi connectivity index (χ4v) is 3.36. The van der Waals surface area contributed by atoms with Crippen LogP contribution in [0.4, 0.5) is 5.82 Å². The van der Waals surface area contributed by atoms with Gasteiger partial charge in [0.2, 0.25) is 10.0 Å². The van der Waals surface area contributed by atoms with Gasteiger partial charge in [-0.1, -0.05) is 5.16 Å². The van der Waals surface area contributed by atoms with E-state index < -0.39 is 10.0 Å². The molecule has 0 aliphatic heterocycles. The molecule has 0 atom stereocenters. The van der Waals surface area contributed by atoms with E-state index in [-0.39, 0.29) is 11.6 Å². The first-order valence-corrected chi connectivity index (χ1v) is 8.20. The molecule has 0 amide bonds. The maximum absolute atomic E-state index is 11.9. The first-order valence-electron chi connectivity index (χ1n) is 4.96. The molecule has 7 nitrogen and oxygen atoms in total. The van der Waals surface area contributed by atoms with E-state index >= 15 is 0 Å². The summed E-state index contributed by atoms with van der Waals surface area (Å²) in [6.07, 6.45) is 1.39. The number of hydrogen-bond donors (Lipinski definition) is 1. The molecule has 0 aromatic carbocycles. The monoisotopic (exact) mass is 410 g/mol. The second kappa shape index (κ2) is 5.55. The Morgan fingerprint density at radius 1 is 1.42 bits per heavy atom. The molecule has 0 bridgehead atoms. The second-order valence-electron chi connectivity index (χ2n) is 3.62. The minimum atomic E-state index is -3.63. The van der Waals surface area contributed by atoms with Crippen molar-refractivity contribution in [3.8, 4) is 0 Å². The quantitative estimate of drug-likeness (QED) is 0.828. The largest absolute Gasteiger partial charge is 0.361 e.